The number of rotatable bonds is 26. The maximum Gasteiger partial charge on any atom is 0.132 e. The minimum Gasteiger partial charge on any atom is -0.394 e. The van der Waals surface area contributed by atoms with Crippen LogP contribution >= 0.6 is 35.3 Å². The summed E-state index contributed by atoms with van der Waals surface area (Å²) in [6.45, 7) is -0.801. The lowest BCUT2D eigenvalue weighted by molar-refractivity contribution is -0.205. The highest BCUT2D eigenvalue weighted by atomic mass is 32.2. The molecular weight excluding hydrogens is 811 g/mol. The number of aliphatic hydroxyl groups is 12. The van der Waals surface area contributed by atoms with Crippen LogP contribution in [0.5, 0.6) is 0 Å². The third kappa shape index (κ3) is 14.7. The number of hydrogen-bond acceptors (Lipinski definition) is 22. The molecule has 0 aromatic carbocycles. The normalized spacial score (nSPS) is 36.7. The Bertz CT molecular complexity index is 1020. The molecule has 3 rings (SSSR count). The Morgan fingerprint density at radius 2 is 0.804 bits per heavy atom. The Hall–Kier alpha value is -0.360. The van der Waals surface area contributed by atoms with E-state index in [1.807, 2.05) is 0 Å². The third-order valence-corrected chi connectivity index (χ3v) is 13.1. The van der Waals surface area contributed by atoms with E-state index >= 15 is 0 Å². The fraction of sp³-hybridized carbons (Fsp3) is 1.00. The molecule has 0 aliphatic carbocycles. The van der Waals surface area contributed by atoms with Gasteiger partial charge in [0.2, 0.25) is 0 Å². The lowest BCUT2D eigenvalue weighted by atomic mass is 9.91. The first-order valence-corrected chi connectivity index (χ1v) is 21.5. The molecule has 0 aromatic heterocycles. The molecule has 3 fully saturated rings. The fourth-order valence-electron chi connectivity index (χ4n) is 6.01. The average molecular weight is 870 g/mol. The Kier molecular flexibility index (Phi) is 23.3. The van der Waals surface area contributed by atoms with Crippen molar-refractivity contribution in [2.24, 2.45) is 10.5 Å². The number of ether oxygens (including phenoxy) is 6. The lowest BCUT2D eigenvalue weighted by Crippen LogP contribution is -2.57. The molecule has 0 aromatic rings. The van der Waals surface area contributed by atoms with Crippen molar-refractivity contribution >= 4 is 35.3 Å². The molecule has 24 heteroatoms. The van der Waals surface area contributed by atoms with Gasteiger partial charge in [0.25, 0.3) is 0 Å². The first-order valence-electron chi connectivity index (χ1n) is 18.3. The van der Waals surface area contributed by atoms with E-state index in [-0.39, 0.29) is 46.2 Å². The predicted octanol–water partition coefficient (Wildman–Crippen LogP) is -3.90. The number of hydrogen-bond donors (Lipinski definition) is 12. The van der Waals surface area contributed by atoms with Crippen molar-refractivity contribution < 1.29 is 89.7 Å². The third-order valence-electron chi connectivity index (χ3n) is 9.38. The van der Waals surface area contributed by atoms with Crippen LogP contribution < -0.4 is 0 Å². The van der Waals surface area contributed by atoms with Crippen molar-refractivity contribution in [2.45, 2.75) is 109 Å². The molecule has 0 unspecified atom stereocenters. The summed E-state index contributed by atoms with van der Waals surface area (Å²) in [5, 5.41) is 123. The van der Waals surface area contributed by atoms with Crippen LogP contribution in [0.15, 0.2) is 5.11 Å². The zero-order chi connectivity index (χ0) is 41.3. The van der Waals surface area contributed by atoms with E-state index in [1.165, 1.54) is 35.3 Å². The molecule has 0 spiro atoms. The maximum absolute atomic E-state index is 10.3. The molecule has 0 radical (unpaired) electrons. The van der Waals surface area contributed by atoms with Crippen molar-refractivity contribution in [1.82, 2.24) is 0 Å². The van der Waals surface area contributed by atoms with Gasteiger partial charge in [0.05, 0.1) is 39.6 Å². The monoisotopic (exact) mass is 869 g/mol. The van der Waals surface area contributed by atoms with Gasteiger partial charge in [0.15, 0.2) is 0 Å². The van der Waals surface area contributed by atoms with Gasteiger partial charge in [0.1, 0.15) is 89.6 Å². The van der Waals surface area contributed by atoms with E-state index in [9.17, 15) is 66.8 Å². The van der Waals surface area contributed by atoms with Crippen molar-refractivity contribution in [3.8, 4) is 0 Å². The standard InChI is InChI=1S/C32H59N3O18S3/c33-35-34-13-32(14-48-4-1-7-54-29-26(45)23(42)20(39)17(10-36)51-29,15-49-5-2-8-55-30-27(46)24(43)21(40)18(11-37)52-30)16-50-6-3-9-56-31-28(47)25(44)22(41)19(12-38)53-31/h17-31,36-47H,1-16H2/t17-,18-,19-,20-,21-,22-,23+,24+,25+,26+,27+,28+,29-,30-,31-/m1/s1. The summed E-state index contributed by atoms with van der Waals surface area (Å²) in [4.78, 5) is 2.91. The molecule has 12 N–H and O–H groups in total. The molecule has 15 atom stereocenters. The summed E-state index contributed by atoms with van der Waals surface area (Å²) in [6.07, 6.45) is -14.5. The van der Waals surface area contributed by atoms with Gasteiger partial charge in [-0.25, -0.2) is 0 Å². The maximum atomic E-state index is 10.3. The zero-order valence-electron chi connectivity index (χ0n) is 30.9. The van der Waals surface area contributed by atoms with Gasteiger partial charge in [-0.1, -0.05) is 5.11 Å². The van der Waals surface area contributed by atoms with Crippen molar-refractivity contribution in [3.63, 3.8) is 0 Å². The first-order chi connectivity index (χ1) is 26.8. The molecule has 328 valence electrons. The number of nitrogens with zero attached hydrogens (tertiary/aromatic N) is 3. The van der Waals surface area contributed by atoms with E-state index < -0.39 is 115 Å². The smallest absolute Gasteiger partial charge is 0.132 e. The molecular formula is C32H59N3O18S3. The number of aliphatic hydroxyl groups excluding tert-OH is 12. The molecule has 56 heavy (non-hydrogen) atoms. The van der Waals surface area contributed by atoms with E-state index in [1.54, 1.807) is 0 Å². The SMILES string of the molecule is [N-]=[N+]=NCC(COCCCS[C@H]1O[C@H](CO)[C@@H](O)[C@H](O)[C@@H]1O)(COCCCS[C@H]1O[C@H](CO)[C@@H](O)[C@H](O)[C@@H]1O)COCCCS[C@H]1O[C@H](CO)[C@@H](O)[C@H](O)[C@@H]1O. The fourth-order valence-corrected chi connectivity index (χ4v) is 9.30. The van der Waals surface area contributed by atoms with E-state index in [0.29, 0.717) is 36.5 Å². The second-order valence-electron chi connectivity index (χ2n) is 13.8. The molecule has 0 amide bonds. The van der Waals surface area contributed by atoms with Crippen LogP contribution in [-0.2, 0) is 28.4 Å². The van der Waals surface area contributed by atoms with E-state index in [4.69, 9.17) is 28.4 Å². The van der Waals surface area contributed by atoms with Gasteiger partial charge in [-0.15, -0.1) is 35.3 Å². The summed E-state index contributed by atoms with van der Waals surface area (Å²) < 4.78 is 34.6. The average Bonchev–Trinajstić information content (AvgIpc) is 3.20. The van der Waals surface area contributed by atoms with Crippen LogP contribution in [0.2, 0.25) is 0 Å². The van der Waals surface area contributed by atoms with Crippen LogP contribution in [0, 0.1) is 5.41 Å². The number of azide groups is 1. The van der Waals surface area contributed by atoms with E-state index in [2.05, 4.69) is 10.0 Å². The second kappa shape index (κ2) is 26.1. The molecule has 3 saturated heterocycles. The topological polar surface area (TPSA) is 347 Å². The predicted molar refractivity (Wildman–Crippen MR) is 201 cm³/mol. The summed E-state index contributed by atoms with van der Waals surface area (Å²) in [5.41, 5.74) is 5.61. The number of thioether (sulfide) groups is 3. The minimum absolute atomic E-state index is 0.0516. The largest absolute Gasteiger partial charge is 0.394 e. The quantitative estimate of drug-likeness (QED) is 0.0171. The highest BCUT2D eigenvalue weighted by Gasteiger charge is 2.45. The summed E-state index contributed by atoms with van der Waals surface area (Å²) >= 11 is 3.56. The van der Waals surface area contributed by atoms with Crippen LogP contribution in [-0.4, -0.2) is 234 Å². The van der Waals surface area contributed by atoms with Gasteiger partial charge >= 0.3 is 0 Å². The Balaban J connectivity index is 1.51. The Morgan fingerprint density at radius 3 is 1.07 bits per heavy atom. The van der Waals surface area contributed by atoms with Crippen LogP contribution in [0.3, 0.4) is 0 Å². The van der Waals surface area contributed by atoms with Gasteiger partial charge < -0.3 is 89.7 Å². The van der Waals surface area contributed by atoms with Crippen molar-refractivity contribution in [3.05, 3.63) is 10.4 Å². The van der Waals surface area contributed by atoms with Gasteiger partial charge in [-0.3, -0.25) is 0 Å². The molecule has 3 aliphatic rings. The van der Waals surface area contributed by atoms with E-state index in [0.717, 1.165) is 0 Å². The van der Waals surface area contributed by atoms with Crippen LogP contribution in [0.4, 0.5) is 0 Å². The second-order valence-corrected chi connectivity index (χ2v) is 17.4. The first kappa shape index (κ1) is 50.0. The summed E-state index contributed by atoms with van der Waals surface area (Å²) in [7, 11) is 0. The Morgan fingerprint density at radius 1 is 0.500 bits per heavy atom. The molecule has 0 saturated carbocycles. The Labute approximate surface area is 337 Å². The summed E-state index contributed by atoms with van der Waals surface area (Å²) in [6, 6.07) is 0. The highest BCUT2D eigenvalue weighted by molar-refractivity contribution is 8.00. The molecule has 3 heterocycles. The van der Waals surface area contributed by atoms with Gasteiger partial charge in [0, 0.05) is 36.7 Å². The van der Waals surface area contributed by atoms with Crippen molar-refractivity contribution in [1.29, 1.82) is 0 Å². The van der Waals surface area contributed by atoms with Gasteiger partial charge in [-0.2, -0.15) is 0 Å². The lowest BCUT2D eigenvalue weighted by Gasteiger charge is -2.39. The molecule has 3 aliphatic heterocycles. The van der Waals surface area contributed by atoms with Gasteiger partial charge in [-0.05, 0) is 42.1 Å². The zero-order valence-corrected chi connectivity index (χ0v) is 33.3. The van der Waals surface area contributed by atoms with Crippen LogP contribution in [0.1, 0.15) is 19.3 Å². The van der Waals surface area contributed by atoms with Crippen LogP contribution in [0.25, 0.3) is 10.4 Å². The molecule has 21 nitrogen and oxygen atoms in total. The summed E-state index contributed by atoms with van der Waals surface area (Å²) in [5.74, 6) is 1.28. The molecule has 0 bridgehead atoms. The minimum atomic E-state index is -1.48. The highest BCUT2D eigenvalue weighted by Crippen LogP contribution is 2.32. The van der Waals surface area contributed by atoms with Crippen molar-refractivity contribution in [2.75, 3.05) is 83.3 Å².